The van der Waals surface area contributed by atoms with Crippen molar-refractivity contribution in [3.05, 3.63) is 90.0 Å². The van der Waals surface area contributed by atoms with Crippen LogP contribution in [0, 0.1) is 0 Å². The molecule has 0 amide bonds. The SMILES string of the molecule is c1ccc(CN2Cc3ccccc3-c3ccccc3N2)cc1. The third kappa shape index (κ3) is 2.49. The van der Waals surface area contributed by atoms with Crippen molar-refractivity contribution in [3.63, 3.8) is 0 Å². The van der Waals surface area contributed by atoms with Crippen LogP contribution in [-0.4, -0.2) is 5.01 Å². The summed E-state index contributed by atoms with van der Waals surface area (Å²) in [4.78, 5) is 0. The van der Waals surface area contributed by atoms with Crippen LogP contribution in [0.4, 0.5) is 5.69 Å². The lowest BCUT2D eigenvalue weighted by Crippen LogP contribution is -2.28. The number of anilines is 1. The van der Waals surface area contributed by atoms with Crippen molar-refractivity contribution in [2.45, 2.75) is 13.1 Å². The number of benzene rings is 3. The minimum absolute atomic E-state index is 0.878. The number of para-hydroxylation sites is 1. The minimum atomic E-state index is 0.878. The van der Waals surface area contributed by atoms with Crippen LogP contribution in [0.15, 0.2) is 78.9 Å². The molecule has 1 N–H and O–H groups in total. The highest BCUT2D eigenvalue weighted by Crippen LogP contribution is 2.34. The molecule has 0 spiro atoms. The fourth-order valence-electron chi connectivity index (χ4n) is 3.05. The molecule has 0 saturated heterocycles. The molecular weight excluding hydrogens is 268 g/mol. The fourth-order valence-corrected chi connectivity index (χ4v) is 3.05. The lowest BCUT2D eigenvalue weighted by Gasteiger charge is -2.23. The second-order valence-corrected chi connectivity index (χ2v) is 5.66. The van der Waals surface area contributed by atoms with Gasteiger partial charge in [-0.05, 0) is 22.8 Å². The molecule has 3 aromatic rings. The normalized spacial score (nSPS) is 13.6. The number of nitrogens with zero attached hydrogens (tertiary/aromatic N) is 1. The second-order valence-electron chi connectivity index (χ2n) is 5.66. The molecule has 108 valence electrons. The number of hydrogen-bond acceptors (Lipinski definition) is 2. The number of hydrazine groups is 1. The third-order valence-corrected chi connectivity index (χ3v) is 4.09. The van der Waals surface area contributed by atoms with Crippen LogP contribution in [0.3, 0.4) is 0 Å². The first-order valence-electron chi connectivity index (χ1n) is 7.63. The maximum Gasteiger partial charge on any atom is 0.0568 e. The molecule has 0 aromatic heterocycles. The van der Waals surface area contributed by atoms with E-state index in [9.17, 15) is 0 Å². The molecule has 0 radical (unpaired) electrons. The van der Waals surface area contributed by atoms with Gasteiger partial charge in [-0.2, -0.15) is 0 Å². The van der Waals surface area contributed by atoms with Crippen LogP contribution in [0.25, 0.3) is 11.1 Å². The zero-order valence-electron chi connectivity index (χ0n) is 12.4. The van der Waals surface area contributed by atoms with Crippen LogP contribution in [0.2, 0.25) is 0 Å². The van der Waals surface area contributed by atoms with Gasteiger partial charge in [0.1, 0.15) is 0 Å². The summed E-state index contributed by atoms with van der Waals surface area (Å²) >= 11 is 0. The zero-order valence-corrected chi connectivity index (χ0v) is 12.4. The summed E-state index contributed by atoms with van der Waals surface area (Å²) in [5.41, 5.74) is 10.0. The second kappa shape index (κ2) is 5.66. The fraction of sp³-hybridized carbons (Fsp3) is 0.100. The summed E-state index contributed by atoms with van der Waals surface area (Å²) in [7, 11) is 0. The maximum atomic E-state index is 3.59. The highest BCUT2D eigenvalue weighted by molar-refractivity contribution is 5.80. The summed E-state index contributed by atoms with van der Waals surface area (Å²) in [6.07, 6.45) is 0. The highest BCUT2D eigenvalue weighted by atomic mass is 15.5. The van der Waals surface area contributed by atoms with Crippen LogP contribution in [0.5, 0.6) is 0 Å². The monoisotopic (exact) mass is 286 g/mol. The Morgan fingerprint density at radius 3 is 2.27 bits per heavy atom. The highest BCUT2D eigenvalue weighted by Gasteiger charge is 2.18. The summed E-state index contributed by atoms with van der Waals surface area (Å²) < 4.78 is 0. The van der Waals surface area contributed by atoms with Gasteiger partial charge < -0.3 is 5.43 Å². The van der Waals surface area contributed by atoms with Gasteiger partial charge in [-0.3, -0.25) is 0 Å². The van der Waals surface area contributed by atoms with Gasteiger partial charge in [0.05, 0.1) is 5.69 Å². The van der Waals surface area contributed by atoms with Crippen molar-refractivity contribution in [1.82, 2.24) is 5.01 Å². The van der Waals surface area contributed by atoms with Gasteiger partial charge in [-0.1, -0.05) is 72.8 Å². The zero-order chi connectivity index (χ0) is 14.8. The third-order valence-electron chi connectivity index (χ3n) is 4.09. The predicted molar refractivity (Wildman–Crippen MR) is 91.2 cm³/mol. The van der Waals surface area contributed by atoms with Gasteiger partial charge in [0.15, 0.2) is 0 Å². The van der Waals surface area contributed by atoms with Gasteiger partial charge in [0.2, 0.25) is 0 Å². The largest absolute Gasteiger partial charge is 0.318 e. The molecule has 0 saturated carbocycles. The van der Waals surface area contributed by atoms with Crippen molar-refractivity contribution in [3.8, 4) is 11.1 Å². The quantitative estimate of drug-likeness (QED) is 0.735. The number of fused-ring (bicyclic) bond motifs is 3. The summed E-state index contributed by atoms with van der Waals surface area (Å²) in [5, 5.41) is 2.28. The van der Waals surface area contributed by atoms with Crippen LogP contribution in [-0.2, 0) is 13.1 Å². The molecule has 3 aromatic carbocycles. The first-order valence-corrected chi connectivity index (χ1v) is 7.63. The lowest BCUT2D eigenvalue weighted by molar-refractivity contribution is 0.316. The van der Waals surface area contributed by atoms with Crippen LogP contribution >= 0.6 is 0 Å². The van der Waals surface area contributed by atoms with E-state index in [2.05, 4.69) is 89.3 Å². The molecular formula is C20H18N2. The average Bonchev–Trinajstić information content (AvgIpc) is 2.72. The average molecular weight is 286 g/mol. The molecule has 0 bridgehead atoms. The van der Waals surface area contributed by atoms with Crippen LogP contribution < -0.4 is 5.43 Å². The van der Waals surface area contributed by atoms with Crippen molar-refractivity contribution in [2.24, 2.45) is 0 Å². The molecule has 0 aliphatic carbocycles. The van der Waals surface area contributed by atoms with E-state index in [4.69, 9.17) is 0 Å². The maximum absolute atomic E-state index is 3.59. The topological polar surface area (TPSA) is 15.3 Å². The van der Waals surface area contributed by atoms with E-state index >= 15 is 0 Å². The summed E-state index contributed by atoms with van der Waals surface area (Å²) in [6, 6.07) is 27.8. The van der Waals surface area contributed by atoms with E-state index < -0.39 is 0 Å². The summed E-state index contributed by atoms with van der Waals surface area (Å²) in [5.74, 6) is 0. The first-order chi connectivity index (χ1) is 10.9. The molecule has 4 rings (SSSR count). The number of nitrogens with one attached hydrogen (secondary N) is 1. The van der Waals surface area contributed by atoms with E-state index in [0.29, 0.717) is 0 Å². The molecule has 1 aliphatic rings. The van der Waals surface area contributed by atoms with Crippen molar-refractivity contribution in [1.29, 1.82) is 0 Å². The Labute approximate surface area is 131 Å². The van der Waals surface area contributed by atoms with E-state index in [-0.39, 0.29) is 0 Å². The Morgan fingerprint density at radius 2 is 1.41 bits per heavy atom. The Morgan fingerprint density at radius 1 is 0.727 bits per heavy atom. The Balaban J connectivity index is 1.74. The lowest BCUT2D eigenvalue weighted by atomic mass is 9.99. The minimum Gasteiger partial charge on any atom is -0.318 e. The van der Waals surface area contributed by atoms with Crippen molar-refractivity contribution in [2.75, 3.05) is 5.43 Å². The molecule has 2 heteroatoms. The van der Waals surface area contributed by atoms with E-state index in [1.807, 2.05) is 0 Å². The van der Waals surface area contributed by atoms with Gasteiger partial charge in [0, 0.05) is 18.7 Å². The van der Waals surface area contributed by atoms with Crippen molar-refractivity contribution < 1.29 is 0 Å². The van der Waals surface area contributed by atoms with Crippen molar-refractivity contribution >= 4 is 5.69 Å². The van der Waals surface area contributed by atoms with Gasteiger partial charge in [-0.15, -0.1) is 0 Å². The molecule has 0 fully saturated rings. The van der Waals surface area contributed by atoms with Gasteiger partial charge in [0.25, 0.3) is 0 Å². The Hall–Kier alpha value is -2.58. The molecule has 2 nitrogen and oxygen atoms in total. The Bertz CT molecular complexity index is 733. The smallest absolute Gasteiger partial charge is 0.0568 e. The molecule has 22 heavy (non-hydrogen) atoms. The van der Waals surface area contributed by atoms with Crippen LogP contribution in [0.1, 0.15) is 11.1 Å². The van der Waals surface area contributed by atoms with E-state index in [0.717, 1.165) is 13.1 Å². The van der Waals surface area contributed by atoms with E-state index in [1.54, 1.807) is 0 Å². The predicted octanol–water partition coefficient (Wildman–Crippen LogP) is 4.70. The van der Waals surface area contributed by atoms with E-state index in [1.165, 1.54) is 27.9 Å². The standard InChI is InChI=1S/C20H18N2/c1-2-8-16(9-3-1)14-22-15-17-10-4-5-11-18(17)19-12-6-7-13-20(19)21-22/h1-13,21H,14-15H2. The number of rotatable bonds is 2. The number of hydrogen-bond donors (Lipinski definition) is 1. The van der Waals surface area contributed by atoms with Gasteiger partial charge in [-0.25, -0.2) is 5.01 Å². The molecule has 1 heterocycles. The first kappa shape index (κ1) is 13.1. The molecule has 1 aliphatic heterocycles. The molecule has 0 atom stereocenters. The van der Waals surface area contributed by atoms with Gasteiger partial charge >= 0.3 is 0 Å². The molecule has 0 unspecified atom stereocenters. The Kier molecular flexibility index (Phi) is 3.37. The summed E-state index contributed by atoms with van der Waals surface area (Å²) in [6.45, 7) is 1.77.